The van der Waals surface area contributed by atoms with Crippen molar-refractivity contribution in [1.29, 1.82) is 0 Å². The van der Waals surface area contributed by atoms with Crippen molar-refractivity contribution < 1.29 is 52.5 Å². The van der Waals surface area contributed by atoms with E-state index in [1.165, 1.54) is 0 Å². The number of aliphatic hydroxyl groups is 1. The van der Waals surface area contributed by atoms with Crippen LogP contribution in [-0.2, 0) is 36.9 Å². The third-order valence-corrected chi connectivity index (χ3v) is 8.37. The minimum absolute atomic E-state index is 0.0368. The molecule has 0 saturated carbocycles. The molecule has 3 aromatic carbocycles. The van der Waals surface area contributed by atoms with Crippen molar-refractivity contribution in [3.63, 3.8) is 0 Å². The summed E-state index contributed by atoms with van der Waals surface area (Å²) in [4.78, 5) is 14.6. The van der Waals surface area contributed by atoms with E-state index in [-0.39, 0.29) is 38.4 Å². The molecule has 0 bridgehead atoms. The Hall–Kier alpha value is -4.07. The zero-order valence-corrected chi connectivity index (χ0v) is 30.1. The molecule has 1 amide bonds. The van der Waals surface area contributed by atoms with Crippen molar-refractivity contribution in [2.24, 2.45) is 0 Å². The average molecular weight is 712 g/mol. The summed E-state index contributed by atoms with van der Waals surface area (Å²) in [5, 5.41) is 8.90. The number of carbonyl (C=O) groups excluding carboxylic acids is 1. The number of ether oxygens (including phenoxy) is 9. The van der Waals surface area contributed by atoms with E-state index in [1.807, 2.05) is 54.6 Å². The zero-order valence-electron chi connectivity index (χ0n) is 30.1. The molecular formula is C39H53NO11. The van der Waals surface area contributed by atoms with Crippen LogP contribution in [0.15, 0.2) is 66.7 Å². The molecule has 12 heteroatoms. The lowest BCUT2D eigenvalue weighted by atomic mass is 9.87. The Bertz CT molecular complexity index is 1420. The summed E-state index contributed by atoms with van der Waals surface area (Å²) >= 11 is 0. The van der Waals surface area contributed by atoms with Crippen LogP contribution in [0.2, 0.25) is 0 Å². The van der Waals surface area contributed by atoms with Gasteiger partial charge in [0.05, 0.1) is 79.7 Å². The smallest absolute Gasteiger partial charge is 0.409 e. The lowest BCUT2D eigenvalue weighted by Crippen LogP contribution is -2.47. The number of methoxy groups -OCH3 is 3. The van der Waals surface area contributed by atoms with Gasteiger partial charge in [-0.25, -0.2) is 4.79 Å². The number of nitrogens with zero attached hydrogens (tertiary/aromatic N) is 1. The predicted molar refractivity (Wildman–Crippen MR) is 191 cm³/mol. The number of likely N-dealkylation sites (tertiary alicyclic amines) is 1. The van der Waals surface area contributed by atoms with E-state index in [4.69, 9.17) is 47.7 Å². The molecule has 0 aromatic heterocycles. The number of benzene rings is 3. The van der Waals surface area contributed by atoms with E-state index in [9.17, 15) is 4.79 Å². The molecule has 1 saturated heterocycles. The lowest BCUT2D eigenvalue weighted by molar-refractivity contribution is -0.0268. The van der Waals surface area contributed by atoms with Crippen molar-refractivity contribution in [2.75, 3.05) is 87.3 Å². The van der Waals surface area contributed by atoms with Crippen LogP contribution in [0.1, 0.15) is 41.9 Å². The van der Waals surface area contributed by atoms with Crippen LogP contribution in [0.3, 0.4) is 0 Å². The molecule has 1 unspecified atom stereocenters. The topological polar surface area (TPSA) is 124 Å². The largest absolute Gasteiger partial charge is 0.497 e. The Morgan fingerprint density at radius 1 is 0.765 bits per heavy atom. The van der Waals surface area contributed by atoms with Crippen LogP contribution in [-0.4, -0.2) is 109 Å². The summed E-state index contributed by atoms with van der Waals surface area (Å²) < 4.78 is 51.0. The lowest BCUT2D eigenvalue weighted by Gasteiger charge is -2.38. The van der Waals surface area contributed by atoms with Crippen LogP contribution in [0.4, 0.5) is 4.79 Å². The van der Waals surface area contributed by atoms with E-state index in [0.717, 1.165) is 41.0 Å². The maximum absolute atomic E-state index is 13.0. The molecule has 3 aromatic rings. The number of rotatable bonds is 23. The number of para-hydroxylation sites is 1. The van der Waals surface area contributed by atoms with Crippen LogP contribution >= 0.6 is 0 Å². The second kappa shape index (κ2) is 22.7. The zero-order chi connectivity index (χ0) is 36.1. The van der Waals surface area contributed by atoms with Gasteiger partial charge in [-0.05, 0) is 47.9 Å². The molecule has 1 aliphatic heterocycles. The number of aliphatic hydroxyl groups excluding tert-OH is 1. The van der Waals surface area contributed by atoms with Gasteiger partial charge >= 0.3 is 6.09 Å². The quantitative estimate of drug-likeness (QED) is 0.123. The molecule has 12 nitrogen and oxygen atoms in total. The van der Waals surface area contributed by atoms with Gasteiger partial charge < -0.3 is 52.6 Å². The van der Waals surface area contributed by atoms with Crippen molar-refractivity contribution in [3.8, 4) is 23.0 Å². The van der Waals surface area contributed by atoms with Gasteiger partial charge in [0.25, 0.3) is 0 Å². The fourth-order valence-electron chi connectivity index (χ4n) is 5.76. The summed E-state index contributed by atoms with van der Waals surface area (Å²) in [6, 6.07) is 21.6. The first kappa shape index (κ1) is 39.7. The number of carbonyl (C=O) groups is 1. The Morgan fingerprint density at radius 3 is 2.29 bits per heavy atom. The van der Waals surface area contributed by atoms with Crippen molar-refractivity contribution >= 4 is 6.09 Å². The van der Waals surface area contributed by atoms with Crippen LogP contribution in [0.25, 0.3) is 0 Å². The molecular weight excluding hydrogens is 658 g/mol. The van der Waals surface area contributed by atoms with Gasteiger partial charge in [0, 0.05) is 50.7 Å². The second-order valence-corrected chi connectivity index (χ2v) is 12.0. The van der Waals surface area contributed by atoms with Gasteiger partial charge in [-0.15, -0.1) is 0 Å². The molecule has 51 heavy (non-hydrogen) atoms. The number of hydrogen-bond acceptors (Lipinski definition) is 11. The normalized spacial score (nSPS) is 15.7. The van der Waals surface area contributed by atoms with Gasteiger partial charge in [-0.1, -0.05) is 30.3 Å². The molecule has 4 rings (SSSR count). The van der Waals surface area contributed by atoms with Crippen molar-refractivity contribution in [1.82, 2.24) is 4.90 Å². The highest BCUT2D eigenvalue weighted by Crippen LogP contribution is 2.33. The Kier molecular flexibility index (Phi) is 17.7. The van der Waals surface area contributed by atoms with Gasteiger partial charge in [-0.2, -0.15) is 0 Å². The molecule has 1 heterocycles. The first-order chi connectivity index (χ1) is 25.0. The number of hydrogen-bond donors (Lipinski definition) is 1. The van der Waals surface area contributed by atoms with Gasteiger partial charge in [0.15, 0.2) is 0 Å². The SMILES string of the molecule is COCCCOc1cc(COC2CN(C(=O)OCCOCCO)CC[C@@H]2c2ccc(OCCCOCc3ccccc3OC)cc2)cc(OC)c1. The highest BCUT2D eigenvalue weighted by molar-refractivity contribution is 5.67. The highest BCUT2D eigenvalue weighted by Gasteiger charge is 2.34. The van der Waals surface area contributed by atoms with Gasteiger partial charge in [0.1, 0.15) is 29.6 Å². The summed E-state index contributed by atoms with van der Waals surface area (Å²) in [6.07, 6.45) is 1.49. The molecule has 1 fully saturated rings. The maximum atomic E-state index is 13.0. The minimum Gasteiger partial charge on any atom is -0.497 e. The summed E-state index contributed by atoms with van der Waals surface area (Å²) in [6.45, 7) is 4.35. The molecule has 1 N–H and O–H groups in total. The molecule has 280 valence electrons. The van der Waals surface area contributed by atoms with E-state index in [1.54, 1.807) is 26.2 Å². The molecule has 0 spiro atoms. The van der Waals surface area contributed by atoms with E-state index in [0.29, 0.717) is 70.7 Å². The van der Waals surface area contributed by atoms with Gasteiger partial charge in [-0.3, -0.25) is 0 Å². The van der Waals surface area contributed by atoms with E-state index >= 15 is 0 Å². The van der Waals surface area contributed by atoms with Crippen LogP contribution in [0, 0.1) is 0 Å². The number of piperidine rings is 1. The van der Waals surface area contributed by atoms with Crippen LogP contribution < -0.4 is 18.9 Å². The first-order valence-corrected chi connectivity index (χ1v) is 17.5. The predicted octanol–water partition coefficient (Wildman–Crippen LogP) is 5.63. The van der Waals surface area contributed by atoms with Crippen molar-refractivity contribution in [3.05, 3.63) is 83.4 Å². The summed E-state index contributed by atoms with van der Waals surface area (Å²) in [7, 11) is 4.95. The average Bonchev–Trinajstić information content (AvgIpc) is 3.17. The monoisotopic (exact) mass is 711 g/mol. The Morgan fingerprint density at radius 2 is 1.53 bits per heavy atom. The fourth-order valence-corrected chi connectivity index (χ4v) is 5.76. The fraction of sp³-hybridized carbons (Fsp3) is 0.513. The summed E-state index contributed by atoms with van der Waals surface area (Å²) in [5.41, 5.74) is 3.01. The third-order valence-electron chi connectivity index (χ3n) is 8.37. The van der Waals surface area contributed by atoms with Crippen LogP contribution in [0.5, 0.6) is 23.0 Å². The standard InChI is InChI=1S/C39H53NO11/c1-43-17-6-19-49-35-25-30(24-34(26-35)44-2)28-51-38-27-40(39(42)50-23-22-46-21-16-41)15-14-36(38)31-10-12-33(13-11-31)48-20-7-18-47-29-32-8-4-5-9-37(32)45-3/h4-5,8-13,24-26,36,38,41H,6-7,14-23,27-29H2,1-3H3/t36-,38?/m1/s1. The maximum Gasteiger partial charge on any atom is 0.409 e. The molecule has 0 aliphatic carbocycles. The Balaban J connectivity index is 1.34. The summed E-state index contributed by atoms with van der Waals surface area (Å²) in [5.74, 6) is 3.00. The van der Waals surface area contributed by atoms with Crippen molar-refractivity contribution in [2.45, 2.75) is 44.5 Å². The highest BCUT2D eigenvalue weighted by atomic mass is 16.6. The molecule has 0 radical (unpaired) electrons. The number of amides is 1. The van der Waals surface area contributed by atoms with E-state index < -0.39 is 6.09 Å². The first-order valence-electron chi connectivity index (χ1n) is 17.5. The molecule has 2 atom stereocenters. The van der Waals surface area contributed by atoms with E-state index in [2.05, 4.69) is 12.1 Å². The third kappa shape index (κ3) is 13.5. The Labute approximate surface area is 301 Å². The second-order valence-electron chi connectivity index (χ2n) is 12.0. The molecule has 1 aliphatic rings. The van der Waals surface area contributed by atoms with Gasteiger partial charge in [0.2, 0.25) is 0 Å². The minimum atomic E-state index is -0.418.